The van der Waals surface area contributed by atoms with Crippen molar-refractivity contribution < 1.29 is 13.9 Å². The van der Waals surface area contributed by atoms with Crippen molar-refractivity contribution in [1.82, 2.24) is 4.57 Å². The van der Waals surface area contributed by atoms with Crippen LogP contribution >= 0.6 is 0 Å². The molecule has 0 bridgehead atoms. The van der Waals surface area contributed by atoms with Gasteiger partial charge in [-0.15, -0.1) is 0 Å². The number of carbonyl (C=O) groups is 1. The molecule has 2 aromatic rings. The summed E-state index contributed by atoms with van der Waals surface area (Å²) in [5.41, 5.74) is 8.04. The number of benzene rings is 1. The molecule has 0 saturated heterocycles. The average molecular weight is 264 g/mol. The fourth-order valence-electron chi connectivity index (χ4n) is 1.92. The molecule has 1 aromatic heterocycles. The highest BCUT2D eigenvalue weighted by molar-refractivity contribution is 5.74. The van der Waals surface area contributed by atoms with Gasteiger partial charge >= 0.3 is 11.7 Å². The van der Waals surface area contributed by atoms with Gasteiger partial charge in [0.25, 0.3) is 0 Å². The number of hydrogen-bond donors (Lipinski definition) is 1. The number of rotatable bonds is 4. The lowest BCUT2D eigenvalue weighted by molar-refractivity contribution is -0.140. The van der Waals surface area contributed by atoms with Crippen LogP contribution in [0.1, 0.15) is 24.4 Å². The zero-order valence-electron chi connectivity index (χ0n) is 10.9. The second kappa shape index (κ2) is 5.27. The topological polar surface area (TPSA) is 87.5 Å². The number of carbonyl (C=O) groups excluding carboxylic acids is 1. The van der Waals surface area contributed by atoms with Crippen molar-refractivity contribution in [3.63, 3.8) is 0 Å². The summed E-state index contributed by atoms with van der Waals surface area (Å²) >= 11 is 0. The lowest BCUT2D eigenvalue weighted by Crippen LogP contribution is -2.13. The van der Waals surface area contributed by atoms with Crippen molar-refractivity contribution in [2.75, 3.05) is 7.11 Å². The zero-order chi connectivity index (χ0) is 14.0. The predicted molar refractivity (Wildman–Crippen MR) is 69.6 cm³/mol. The van der Waals surface area contributed by atoms with Gasteiger partial charge in [0.1, 0.15) is 0 Å². The maximum Gasteiger partial charge on any atom is 0.419 e. The molecule has 0 amide bonds. The molecule has 0 saturated carbocycles. The molecule has 2 rings (SSSR count). The molecule has 0 spiro atoms. The fourth-order valence-corrected chi connectivity index (χ4v) is 1.92. The van der Waals surface area contributed by atoms with Crippen molar-refractivity contribution in [3.8, 4) is 0 Å². The van der Waals surface area contributed by atoms with E-state index in [1.165, 1.54) is 11.7 Å². The SMILES string of the molecule is COC(=O)CCC(N)c1ccc2c(c1)oc(=O)n2C. The molecule has 1 heterocycles. The Kier molecular flexibility index (Phi) is 3.71. The second-order valence-corrected chi connectivity index (χ2v) is 4.38. The first-order valence-corrected chi connectivity index (χ1v) is 5.95. The number of oxazole rings is 1. The van der Waals surface area contributed by atoms with Crippen molar-refractivity contribution in [2.24, 2.45) is 12.8 Å². The fraction of sp³-hybridized carbons (Fsp3) is 0.385. The zero-order valence-corrected chi connectivity index (χ0v) is 10.9. The van der Waals surface area contributed by atoms with E-state index >= 15 is 0 Å². The monoisotopic (exact) mass is 264 g/mol. The van der Waals surface area contributed by atoms with E-state index in [0.717, 1.165) is 5.56 Å². The molecule has 102 valence electrons. The van der Waals surface area contributed by atoms with Crippen LogP contribution in [-0.2, 0) is 16.6 Å². The molecule has 2 N–H and O–H groups in total. The number of ether oxygens (including phenoxy) is 1. The predicted octanol–water partition coefficient (Wildman–Crippen LogP) is 1.08. The summed E-state index contributed by atoms with van der Waals surface area (Å²) in [5.74, 6) is -0.696. The van der Waals surface area contributed by atoms with Crippen molar-refractivity contribution >= 4 is 17.1 Å². The molecule has 0 radical (unpaired) electrons. The van der Waals surface area contributed by atoms with Gasteiger partial charge in [0.05, 0.1) is 12.6 Å². The summed E-state index contributed by atoms with van der Waals surface area (Å²) in [7, 11) is 2.99. The van der Waals surface area contributed by atoms with E-state index in [4.69, 9.17) is 10.2 Å². The number of aryl methyl sites for hydroxylation is 1. The van der Waals surface area contributed by atoms with Gasteiger partial charge in [-0.1, -0.05) is 6.07 Å². The van der Waals surface area contributed by atoms with E-state index in [2.05, 4.69) is 4.74 Å². The lowest BCUT2D eigenvalue weighted by atomic mass is 10.0. The largest absolute Gasteiger partial charge is 0.469 e. The van der Waals surface area contributed by atoms with Gasteiger partial charge in [-0.05, 0) is 24.1 Å². The van der Waals surface area contributed by atoms with Crippen LogP contribution in [-0.4, -0.2) is 17.6 Å². The summed E-state index contributed by atoms with van der Waals surface area (Å²) < 4.78 is 11.1. The van der Waals surface area contributed by atoms with Gasteiger partial charge in [0.2, 0.25) is 0 Å². The lowest BCUT2D eigenvalue weighted by Gasteiger charge is -2.10. The number of methoxy groups -OCH3 is 1. The van der Waals surface area contributed by atoms with Crippen LogP contribution < -0.4 is 11.5 Å². The first kappa shape index (κ1) is 13.4. The number of esters is 1. The highest BCUT2D eigenvalue weighted by atomic mass is 16.5. The van der Waals surface area contributed by atoms with Crippen LogP contribution in [0.25, 0.3) is 11.1 Å². The molecule has 0 aliphatic rings. The van der Waals surface area contributed by atoms with Crippen LogP contribution in [0.2, 0.25) is 0 Å². The molecule has 1 atom stereocenters. The Morgan fingerprint density at radius 1 is 1.53 bits per heavy atom. The van der Waals surface area contributed by atoms with Gasteiger partial charge < -0.3 is 14.9 Å². The van der Waals surface area contributed by atoms with Crippen LogP contribution in [0.15, 0.2) is 27.4 Å². The number of hydrogen-bond acceptors (Lipinski definition) is 5. The van der Waals surface area contributed by atoms with Crippen LogP contribution in [0.3, 0.4) is 0 Å². The number of fused-ring (bicyclic) bond motifs is 1. The minimum atomic E-state index is -0.407. The number of nitrogens with zero attached hydrogens (tertiary/aromatic N) is 1. The minimum absolute atomic E-state index is 0.258. The highest BCUT2D eigenvalue weighted by Crippen LogP contribution is 2.21. The van der Waals surface area contributed by atoms with Gasteiger partial charge in [-0.3, -0.25) is 9.36 Å². The maximum absolute atomic E-state index is 11.4. The Hall–Kier alpha value is -2.08. The van der Waals surface area contributed by atoms with Crippen LogP contribution in [0.4, 0.5) is 0 Å². The minimum Gasteiger partial charge on any atom is -0.469 e. The molecule has 0 aliphatic heterocycles. The van der Waals surface area contributed by atoms with Crippen molar-refractivity contribution in [3.05, 3.63) is 34.3 Å². The van der Waals surface area contributed by atoms with Crippen molar-refractivity contribution in [2.45, 2.75) is 18.9 Å². The standard InChI is InChI=1S/C13H16N2O4/c1-15-10-5-3-8(7-11(10)19-13(15)17)9(14)4-6-12(16)18-2/h3,5,7,9H,4,6,14H2,1-2H3. The Morgan fingerprint density at radius 2 is 2.26 bits per heavy atom. The smallest absolute Gasteiger partial charge is 0.419 e. The van der Waals surface area contributed by atoms with Gasteiger partial charge in [-0.2, -0.15) is 0 Å². The summed E-state index contributed by atoms with van der Waals surface area (Å²) in [5, 5.41) is 0. The molecule has 0 fully saturated rings. The quantitative estimate of drug-likeness (QED) is 0.835. The Balaban J connectivity index is 2.21. The van der Waals surface area contributed by atoms with E-state index in [1.54, 1.807) is 19.2 Å². The van der Waals surface area contributed by atoms with Crippen LogP contribution in [0.5, 0.6) is 0 Å². The third kappa shape index (κ3) is 2.68. The summed E-state index contributed by atoms with van der Waals surface area (Å²) in [4.78, 5) is 22.4. The summed E-state index contributed by atoms with van der Waals surface area (Å²) in [6.45, 7) is 0. The first-order valence-electron chi connectivity index (χ1n) is 5.95. The first-order chi connectivity index (χ1) is 9.02. The van der Waals surface area contributed by atoms with E-state index in [-0.39, 0.29) is 18.4 Å². The molecular formula is C13H16N2O4. The Bertz CT molecular complexity index is 656. The van der Waals surface area contributed by atoms with E-state index in [9.17, 15) is 9.59 Å². The highest BCUT2D eigenvalue weighted by Gasteiger charge is 2.12. The summed E-state index contributed by atoms with van der Waals surface area (Å²) in [6.07, 6.45) is 0.740. The average Bonchev–Trinajstić information content (AvgIpc) is 2.70. The number of nitrogens with two attached hydrogens (primary N) is 1. The molecule has 19 heavy (non-hydrogen) atoms. The molecule has 1 aromatic carbocycles. The molecule has 6 nitrogen and oxygen atoms in total. The van der Waals surface area contributed by atoms with Crippen LogP contribution in [0, 0.1) is 0 Å². The van der Waals surface area contributed by atoms with Gasteiger partial charge in [-0.25, -0.2) is 4.79 Å². The third-order valence-corrected chi connectivity index (χ3v) is 3.13. The Labute approximate surface area is 109 Å². The molecule has 0 aliphatic carbocycles. The van der Waals surface area contributed by atoms with E-state index < -0.39 is 5.76 Å². The second-order valence-electron chi connectivity index (χ2n) is 4.38. The van der Waals surface area contributed by atoms with E-state index in [0.29, 0.717) is 17.5 Å². The van der Waals surface area contributed by atoms with Gasteiger partial charge in [0, 0.05) is 19.5 Å². The molecule has 6 heteroatoms. The summed E-state index contributed by atoms with van der Waals surface area (Å²) in [6, 6.07) is 5.06. The van der Waals surface area contributed by atoms with Gasteiger partial charge in [0.15, 0.2) is 5.58 Å². The van der Waals surface area contributed by atoms with E-state index in [1.807, 2.05) is 6.07 Å². The normalized spacial score (nSPS) is 12.6. The molecule has 1 unspecified atom stereocenters. The molecular weight excluding hydrogens is 248 g/mol. The number of aromatic nitrogens is 1. The van der Waals surface area contributed by atoms with Crippen molar-refractivity contribution in [1.29, 1.82) is 0 Å². The maximum atomic E-state index is 11.4. The third-order valence-electron chi connectivity index (χ3n) is 3.13. The Morgan fingerprint density at radius 3 is 2.95 bits per heavy atom.